The molecule has 0 fully saturated rings. The predicted octanol–water partition coefficient (Wildman–Crippen LogP) is 2.08. The maximum Gasteiger partial charge on any atom is 0.269 e. The summed E-state index contributed by atoms with van der Waals surface area (Å²) in [6.07, 6.45) is 1.67. The number of pyridine rings is 1. The molecule has 3 N–H and O–H groups in total. The van der Waals surface area contributed by atoms with E-state index >= 15 is 0 Å². The Morgan fingerprint density at radius 2 is 1.88 bits per heavy atom. The lowest BCUT2D eigenvalue weighted by molar-refractivity contribution is -0.120. The highest BCUT2D eigenvalue weighted by Gasteiger charge is 2.14. The van der Waals surface area contributed by atoms with Crippen LogP contribution in [-0.4, -0.2) is 33.5 Å². The van der Waals surface area contributed by atoms with Crippen LogP contribution in [0.5, 0.6) is 0 Å². The van der Waals surface area contributed by atoms with Crippen LogP contribution in [0.3, 0.4) is 0 Å². The van der Waals surface area contributed by atoms with Crippen LogP contribution in [0.4, 0.5) is 0 Å². The minimum atomic E-state index is -0.389. The first-order chi connectivity index (χ1) is 12.6. The summed E-state index contributed by atoms with van der Waals surface area (Å²) in [6, 6.07) is 16.4. The van der Waals surface area contributed by atoms with Crippen molar-refractivity contribution in [2.24, 2.45) is 0 Å². The molecule has 0 saturated heterocycles. The van der Waals surface area contributed by atoms with Crippen LogP contribution in [-0.2, 0) is 4.79 Å². The van der Waals surface area contributed by atoms with Gasteiger partial charge in [0, 0.05) is 11.8 Å². The van der Waals surface area contributed by atoms with Crippen molar-refractivity contribution in [1.29, 1.82) is 0 Å². The van der Waals surface area contributed by atoms with Gasteiger partial charge < -0.3 is 10.6 Å². The lowest BCUT2D eigenvalue weighted by Gasteiger charge is -2.13. The molecule has 0 spiro atoms. The molecule has 0 bridgehead atoms. The first-order valence-corrected chi connectivity index (χ1v) is 8.23. The first kappa shape index (κ1) is 17.3. The monoisotopic (exact) mass is 349 g/mol. The van der Waals surface area contributed by atoms with E-state index in [1.807, 2.05) is 55.5 Å². The van der Waals surface area contributed by atoms with Crippen molar-refractivity contribution in [2.75, 3.05) is 6.54 Å². The van der Waals surface area contributed by atoms with Crippen molar-refractivity contribution in [2.45, 2.75) is 13.0 Å². The zero-order chi connectivity index (χ0) is 18.4. The van der Waals surface area contributed by atoms with Gasteiger partial charge in [-0.3, -0.25) is 19.7 Å². The molecule has 3 rings (SSSR count). The van der Waals surface area contributed by atoms with Gasteiger partial charge in [0.1, 0.15) is 5.69 Å². The number of carbonyl (C=O) groups is 2. The molecule has 1 aromatic carbocycles. The quantitative estimate of drug-likeness (QED) is 0.634. The van der Waals surface area contributed by atoms with Crippen LogP contribution in [0.15, 0.2) is 60.8 Å². The molecule has 132 valence electrons. The second kappa shape index (κ2) is 8.06. The highest BCUT2D eigenvalue weighted by atomic mass is 16.2. The minimum absolute atomic E-state index is 0.129. The number of benzene rings is 1. The van der Waals surface area contributed by atoms with E-state index in [9.17, 15) is 9.59 Å². The Bertz CT molecular complexity index is 877. The van der Waals surface area contributed by atoms with E-state index in [0.717, 1.165) is 11.3 Å². The van der Waals surface area contributed by atoms with Crippen molar-refractivity contribution in [3.05, 3.63) is 72.2 Å². The van der Waals surface area contributed by atoms with Crippen molar-refractivity contribution in [1.82, 2.24) is 25.8 Å². The zero-order valence-corrected chi connectivity index (χ0v) is 14.3. The van der Waals surface area contributed by atoms with Gasteiger partial charge in [-0.25, -0.2) is 0 Å². The Kier molecular flexibility index (Phi) is 5.38. The summed E-state index contributed by atoms with van der Waals surface area (Å²) in [7, 11) is 0. The average Bonchev–Trinajstić information content (AvgIpc) is 3.18. The Morgan fingerprint density at radius 3 is 2.62 bits per heavy atom. The number of amides is 2. The molecular formula is C19H19N5O2. The van der Waals surface area contributed by atoms with Gasteiger partial charge in [0.05, 0.1) is 24.0 Å². The van der Waals surface area contributed by atoms with E-state index < -0.39 is 0 Å². The highest BCUT2D eigenvalue weighted by Crippen LogP contribution is 2.16. The number of hydrogen-bond acceptors (Lipinski definition) is 4. The van der Waals surface area contributed by atoms with E-state index in [1.54, 1.807) is 12.3 Å². The predicted molar refractivity (Wildman–Crippen MR) is 97.2 cm³/mol. The molecule has 1 atom stereocenters. The van der Waals surface area contributed by atoms with Gasteiger partial charge >= 0.3 is 0 Å². The first-order valence-electron chi connectivity index (χ1n) is 8.23. The SMILES string of the molecule is CC(NC(=O)CNC(=O)c1cc(-c2ccccc2)n[nH]1)c1ccccn1. The Morgan fingerprint density at radius 1 is 1.12 bits per heavy atom. The Hall–Kier alpha value is -3.48. The lowest BCUT2D eigenvalue weighted by atomic mass is 10.1. The molecule has 7 heteroatoms. The second-order valence-corrected chi connectivity index (χ2v) is 5.76. The normalized spacial score (nSPS) is 11.6. The maximum atomic E-state index is 12.2. The summed E-state index contributed by atoms with van der Waals surface area (Å²) in [5, 5.41) is 12.2. The molecule has 0 aliphatic carbocycles. The fraction of sp³-hybridized carbons (Fsp3) is 0.158. The molecule has 0 aliphatic heterocycles. The highest BCUT2D eigenvalue weighted by molar-refractivity contribution is 5.95. The van der Waals surface area contributed by atoms with Crippen LogP contribution in [0.25, 0.3) is 11.3 Å². The minimum Gasteiger partial charge on any atom is -0.346 e. The summed E-state index contributed by atoms with van der Waals surface area (Å²) in [4.78, 5) is 28.4. The number of nitrogens with zero attached hydrogens (tertiary/aromatic N) is 2. The third kappa shape index (κ3) is 4.32. The molecule has 7 nitrogen and oxygen atoms in total. The summed E-state index contributed by atoms with van der Waals surface area (Å²) in [6.45, 7) is 1.71. The second-order valence-electron chi connectivity index (χ2n) is 5.76. The van der Waals surface area contributed by atoms with Gasteiger partial charge in [0.25, 0.3) is 5.91 Å². The number of hydrogen-bond donors (Lipinski definition) is 3. The molecular weight excluding hydrogens is 330 g/mol. The van der Waals surface area contributed by atoms with E-state index in [0.29, 0.717) is 11.4 Å². The topological polar surface area (TPSA) is 99.8 Å². The molecule has 3 aromatic rings. The summed E-state index contributed by atoms with van der Waals surface area (Å²) in [5.41, 5.74) is 2.64. The number of nitrogens with one attached hydrogen (secondary N) is 3. The van der Waals surface area contributed by atoms with Gasteiger partial charge in [-0.1, -0.05) is 36.4 Å². The molecule has 1 unspecified atom stereocenters. The van der Waals surface area contributed by atoms with Crippen LogP contribution in [0.2, 0.25) is 0 Å². The summed E-state index contributed by atoms with van der Waals surface area (Å²) in [5.74, 6) is -0.681. The molecule has 0 aliphatic rings. The number of aromatic nitrogens is 3. The van der Waals surface area contributed by atoms with Gasteiger partial charge in [-0.15, -0.1) is 0 Å². The number of H-pyrrole nitrogens is 1. The van der Waals surface area contributed by atoms with Gasteiger partial charge in [0.15, 0.2) is 0 Å². The fourth-order valence-corrected chi connectivity index (χ4v) is 2.45. The molecule has 26 heavy (non-hydrogen) atoms. The molecule has 2 amide bonds. The van der Waals surface area contributed by atoms with Gasteiger partial charge in [-0.05, 0) is 25.1 Å². The van der Waals surface area contributed by atoms with Crippen molar-refractivity contribution < 1.29 is 9.59 Å². The Labute approximate surface area is 150 Å². The van der Waals surface area contributed by atoms with Crippen LogP contribution in [0, 0.1) is 0 Å². The Balaban J connectivity index is 1.52. The van der Waals surface area contributed by atoms with Gasteiger partial charge in [0.2, 0.25) is 5.91 Å². The average molecular weight is 349 g/mol. The third-order valence-corrected chi connectivity index (χ3v) is 3.81. The molecule has 0 saturated carbocycles. The number of rotatable bonds is 6. The van der Waals surface area contributed by atoms with E-state index in [-0.39, 0.29) is 24.4 Å². The van der Waals surface area contributed by atoms with Gasteiger partial charge in [-0.2, -0.15) is 5.10 Å². The van der Waals surface area contributed by atoms with E-state index in [1.165, 1.54) is 0 Å². The fourth-order valence-electron chi connectivity index (χ4n) is 2.45. The van der Waals surface area contributed by atoms with Crippen molar-refractivity contribution in [3.63, 3.8) is 0 Å². The number of carbonyl (C=O) groups excluding carboxylic acids is 2. The zero-order valence-electron chi connectivity index (χ0n) is 14.3. The summed E-state index contributed by atoms with van der Waals surface area (Å²) < 4.78 is 0. The largest absolute Gasteiger partial charge is 0.346 e. The maximum absolute atomic E-state index is 12.2. The smallest absolute Gasteiger partial charge is 0.269 e. The molecule has 2 aromatic heterocycles. The van der Waals surface area contributed by atoms with Crippen LogP contribution in [0.1, 0.15) is 29.1 Å². The van der Waals surface area contributed by atoms with Crippen LogP contribution >= 0.6 is 0 Å². The number of aromatic amines is 1. The standard InChI is InChI=1S/C19H19N5O2/c1-13(15-9-5-6-10-20-15)22-18(25)12-21-19(26)17-11-16(23-24-17)14-7-3-2-4-8-14/h2-11,13H,12H2,1H3,(H,21,26)(H,22,25)(H,23,24). The van der Waals surface area contributed by atoms with Crippen LogP contribution < -0.4 is 10.6 Å². The molecule has 0 radical (unpaired) electrons. The third-order valence-electron chi connectivity index (χ3n) is 3.81. The van der Waals surface area contributed by atoms with E-state index in [4.69, 9.17) is 0 Å². The van der Waals surface area contributed by atoms with Crippen molar-refractivity contribution in [3.8, 4) is 11.3 Å². The lowest BCUT2D eigenvalue weighted by Crippen LogP contribution is -2.38. The summed E-state index contributed by atoms with van der Waals surface area (Å²) >= 11 is 0. The molecule has 2 heterocycles. The van der Waals surface area contributed by atoms with E-state index in [2.05, 4.69) is 25.8 Å². The van der Waals surface area contributed by atoms with Crippen molar-refractivity contribution >= 4 is 11.8 Å².